The highest BCUT2D eigenvalue weighted by molar-refractivity contribution is 5.83. The smallest absolute Gasteiger partial charge is 0.149 e. The van der Waals surface area contributed by atoms with Gasteiger partial charge in [0.25, 0.3) is 0 Å². The average molecular weight is 225 g/mol. The van der Waals surface area contributed by atoms with E-state index in [0.29, 0.717) is 18.2 Å². The van der Waals surface area contributed by atoms with E-state index in [0.717, 1.165) is 18.8 Å². The molecule has 0 radical (unpaired) electrons. The Morgan fingerprint density at radius 1 is 1.19 bits per heavy atom. The van der Waals surface area contributed by atoms with E-state index in [9.17, 15) is 4.79 Å². The largest absolute Gasteiger partial charge is 0.305 e. The normalized spacial score (nSPS) is 26.8. The van der Waals surface area contributed by atoms with Crippen LogP contribution >= 0.6 is 0 Å². The molecular formula is C14H27NO. The molecule has 0 saturated heterocycles. The number of hydrogen-bond donors (Lipinski definition) is 1. The lowest BCUT2D eigenvalue weighted by atomic mass is 9.79. The molecule has 0 aromatic heterocycles. The Morgan fingerprint density at radius 2 is 1.75 bits per heavy atom. The van der Waals surface area contributed by atoms with Gasteiger partial charge in [0, 0.05) is 11.5 Å². The van der Waals surface area contributed by atoms with E-state index in [2.05, 4.69) is 33.0 Å². The predicted octanol–water partition coefficient (Wildman–Crippen LogP) is 3.16. The molecule has 1 aliphatic carbocycles. The van der Waals surface area contributed by atoms with Gasteiger partial charge in [0.2, 0.25) is 0 Å². The van der Waals surface area contributed by atoms with E-state index >= 15 is 0 Å². The van der Waals surface area contributed by atoms with Gasteiger partial charge in [-0.3, -0.25) is 4.79 Å². The Kier molecular flexibility index (Phi) is 4.97. The summed E-state index contributed by atoms with van der Waals surface area (Å²) < 4.78 is 0. The SMILES string of the molecule is CCC1CCC(C(=O)CNC(C)(C)C)CC1. The third kappa shape index (κ3) is 4.65. The molecule has 0 aromatic rings. The van der Waals surface area contributed by atoms with Crippen LogP contribution in [0.2, 0.25) is 0 Å². The van der Waals surface area contributed by atoms with Crippen LogP contribution in [-0.4, -0.2) is 17.9 Å². The van der Waals surface area contributed by atoms with Crippen molar-refractivity contribution in [3.8, 4) is 0 Å². The summed E-state index contributed by atoms with van der Waals surface area (Å²) in [6.07, 6.45) is 6.01. The molecule has 0 aliphatic heterocycles. The quantitative estimate of drug-likeness (QED) is 0.796. The van der Waals surface area contributed by atoms with Crippen molar-refractivity contribution < 1.29 is 4.79 Å². The van der Waals surface area contributed by atoms with Crippen LogP contribution in [0.15, 0.2) is 0 Å². The molecule has 2 nitrogen and oxygen atoms in total. The first-order chi connectivity index (χ1) is 7.42. The first kappa shape index (κ1) is 13.7. The van der Waals surface area contributed by atoms with E-state index in [-0.39, 0.29) is 5.54 Å². The second-order valence-electron chi connectivity index (χ2n) is 6.20. The molecule has 1 saturated carbocycles. The number of Topliss-reactive ketones (excluding diaryl/α,β-unsaturated/α-hetero) is 1. The molecule has 0 unspecified atom stereocenters. The number of hydrogen-bond acceptors (Lipinski definition) is 2. The van der Waals surface area contributed by atoms with Crippen LogP contribution in [0.5, 0.6) is 0 Å². The highest BCUT2D eigenvalue weighted by Crippen LogP contribution is 2.30. The number of nitrogens with one attached hydrogen (secondary N) is 1. The maximum Gasteiger partial charge on any atom is 0.149 e. The zero-order chi connectivity index (χ0) is 12.2. The second-order valence-corrected chi connectivity index (χ2v) is 6.20. The van der Waals surface area contributed by atoms with Gasteiger partial charge >= 0.3 is 0 Å². The van der Waals surface area contributed by atoms with Crippen LogP contribution in [0.3, 0.4) is 0 Å². The minimum Gasteiger partial charge on any atom is -0.305 e. The topological polar surface area (TPSA) is 29.1 Å². The van der Waals surface area contributed by atoms with Crippen LogP contribution in [0.1, 0.15) is 59.8 Å². The van der Waals surface area contributed by atoms with E-state index < -0.39 is 0 Å². The fourth-order valence-corrected chi connectivity index (χ4v) is 2.39. The van der Waals surface area contributed by atoms with Crippen molar-refractivity contribution in [2.24, 2.45) is 11.8 Å². The standard InChI is InChI=1S/C14H27NO/c1-5-11-6-8-12(9-7-11)13(16)10-15-14(2,3)4/h11-12,15H,5-10H2,1-4H3. The predicted molar refractivity (Wildman–Crippen MR) is 68.5 cm³/mol. The number of carbonyl (C=O) groups is 1. The fraction of sp³-hybridized carbons (Fsp3) is 0.929. The Balaban J connectivity index is 2.28. The molecule has 0 spiro atoms. The summed E-state index contributed by atoms with van der Waals surface area (Å²) in [6, 6.07) is 0. The summed E-state index contributed by atoms with van der Waals surface area (Å²) in [4.78, 5) is 12.0. The van der Waals surface area contributed by atoms with Gasteiger partial charge in [-0.1, -0.05) is 13.3 Å². The van der Waals surface area contributed by atoms with Gasteiger partial charge in [-0.15, -0.1) is 0 Å². The summed E-state index contributed by atoms with van der Waals surface area (Å²) in [5.74, 6) is 1.63. The maximum atomic E-state index is 12.0. The average Bonchev–Trinajstić information content (AvgIpc) is 2.25. The Labute approximate surface area is 100 Å². The van der Waals surface area contributed by atoms with Crippen molar-refractivity contribution >= 4 is 5.78 Å². The molecule has 94 valence electrons. The van der Waals surface area contributed by atoms with Crippen molar-refractivity contribution in [3.63, 3.8) is 0 Å². The molecule has 0 amide bonds. The molecular weight excluding hydrogens is 198 g/mol. The lowest BCUT2D eigenvalue weighted by Gasteiger charge is -2.28. The highest BCUT2D eigenvalue weighted by Gasteiger charge is 2.25. The van der Waals surface area contributed by atoms with Gasteiger partial charge in [0.15, 0.2) is 0 Å². The van der Waals surface area contributed by atoms with Crippen molar-refractivity contribution in [2.75, 3.05) is 6.54 Å². The van der Waals surface area contributed by atoms with Gasteiger partial charge in [-0.25, -0.2) is 0 Å². The molecule has 0 atom stereocenters. The molecule has 1 N–H and O–H groups in total. The number of rotatable bonds is 4. The number of carbonyl (C=O) groups excluding carboxylic acids is 1. The van der Waals surface area contributed by atoms with Gasteiger partial charge < -0.3 is 5.32 Å². The van der Waals surface area contributed by atoms with Crippen LogP contribution in [0, 0.1) is 11.8 Å². The first-order valence-electron chi connectivity index (χ1n) is 6.70. The zero-order valence-corrected chi connectivity index (χ0v) is 11.3. The molecule has 0 aromatic carbocycles. The van der Waals surface area contributed by atoms with Gasteiger partial charge in [-0.05, 0) is 52.4 Å². The number of ketones is 1. The Hall–Kier alpha value is -0.370. The molecule has 2 heteroatoms. The van der Waals surface area contributed by atoms with E-state index in [4.69, 9.17) is 0 Å². The summed E-state index contributed by atoms with van der Waals surface area (Å²) in [5.41, 5.74) is 0.0519. The van der Waals surface area contributed by atoms with Gasteiger partial charge in [0.05, 0.1) is 6.54 Å². The lowest BCUT2D eigenvalue weighted by molar-refractivity contribution is -0.123. The van der Waals surface area contributed by atoms with Crippen LogP contribution < -0.4 is 5.32 Å². The van der Waals surface area contributed by atoms with Crippen molar-refractivity contribution in [2.45, 2.75) is 65.3 Å². The Morgan fingerprint density at radius 3 is 2.19 bits per heavy atom. The third-order valence-corrected chi connectivity index (χ3v) is 3.67. The molecule has 1 aliphatic rings. The van der Waals surface area contributed by atoms with Crippen molar-refractivity contribution in [3.05, 3.63) is 0 Å². The lowest BCUT2D eigenvalue weighted by Crippen LogP contribution is -2.41. The van der Waals surface area contributed by atoms with E-state index in [1.807, 2.05) is 0 Å². The van der Waals surface area contributed by atoms with E-state index in [1.54, 1.807) is 0 Å². The minimum atomic E-state index is 0.0519. The maximum absolute atomic E-state index is 12.0. The Bertz CT molecular complexity index is 221. The van der Waals surface area contributed by atoms with Crippen LogP contribution in [-0.2, 0) is 4.79 Å². The highest BCUT2D eigenvalue weighted by atomic mass is 16.1. The molecule has 16 heavy (non-hydrogen) atoms. The zero-order valence-electron chi connectivity index (χ0n) is 11.3. The molecule has 0 bridgehead atoms. The van der Waals surface area contributed by atoms with Crippen LogP contribution in [0.25, 0.3) is 0 Å². The van der Waals surface area contributed by atoms with Gasteiger partial charge in [-0.2, -0.15) is 0 Å². The summed E-state index contributed by atoms with van der Waals surface area (Å²) >= 11 is 0. The van der Waals surface area contributed by atoms with Gasteiger partial charge in [0.1, 0.15) is 5.78 Å². The fourth-order valence-electron chi connectivity index (χ4n) is 2.39. The minimum absolute atomic E-state index is 0.0519. The first-order valence-corrected chi connectivity index (χ1v) is 6.70. The van der Waals surface area contributed by atoms with Crippen LogP contribution in [0.4, 0.5) is 0 Å². The van der Waals surface area contributed by atoms with Crippen molar-refractivity contribution in [1.29, 1.82) is 0 Å². The monoisotopic (exact) mass is 225 g/mol. The summed E-state index contributed by atoms with van der Waals surface area (Å²) in [5, 5.41) is 3.29. The molecule has 0 heterocycles. The second kappa shape index (κ2) is 5.81. The van der Waals surface area contributed by atoms with E-state index in [1.165, 1.54) is 19.3 Å². The molecule has 1 rings (SSSR count). The van der Waals surface area contributed by atoms with Crippen molar-refractivity contribution in [1.82, 2.24) is 5.32 Å². The molecule has 1 fully saturated rings. The summed E-state index contributed by atoms with van der Waals surface area (Å²) in [6.45, 7) is 9.12. The third-order valence-electron chi connectivity index (χ3n) is 3.67. The summed E-state index contributed by atoms with van der Waals surface area (Å²) in [7, 11) is 0.